The molecule has 8 heteroatoms. The van der Waals surface area contributed by atoms with Crippen LogP contribution in [0.15, 0.2) is 36.4 Å². The maximum Gasteiger partial charge on any atom is 0.330 e. The van der Waals surface area contributed by atoms with Crippen LogP contribution < -0.4 is 14.2 Å². The van der Waals surface area contributed by atoms with Crippen molar-refractivity contribution in [3.05, 3.63) is 53.1 Å². The summed E-state index contributed by atoms with van der Waals surface area (Å²) in [6, 6.07) is 7.83. The van der Waals surface area contributed by atoms with Crippen molar-refractivity contribution >= 4 is 18.0 Å². The first-order chi connectivity index (χ1) is 14.4. The highest BCUT2D eigenvalue weighted by Gasteiger charge is 2.42. The standard InChI is InChI=1S/C22H22O8/c1-4-29-18(24)8-5-12-9-14-19(22(25)26)20(30-21(14)17(10-12)28-3)13-6-7-15(23)16(11-13)27-2/h5-11,19-20,23H,4H2,1-3H3,(H,25,26)/b8-5+. The number of aliphatic carboxylic acids is 1. The number of ether oxygens (including phenoxy) is 4. The predicted molar refractivity (Wildman–Crippen MR) is 107 cm³/mol. The number of hydrogen-bond acceptors (Lipinski definition) is 7. The minimum atomic E-state index is -1.08. The summed E-state index contributed by atoms with van der Waals surface area (Å²) in [5.41, 5.74) is 1.51. The summed E-state index contributed by atoms with van der Waals surface area (Å²) in [5.74, 6) is -1.81. The summed E-state index contributed by atoms with van der Waals surface area (Å²) in [5, 5.41) is 19.8. The SMILES string of the molecule is CCOC(=O)/C=C/c1cc(OC)c2c(c1)C(C(=O)O)C(c1ccc(O)c(OC)c1)O2. The van der Waals surface area contributed by atoms with Crippen LogP contribution >= 0.6 is 0 Å². The van der Waals surface area contributed by atoms with Crippen LogP contribution in [0, 0.1) is 0 Å². The molecule has 0 radical (unpaired) electrons. The van der Waals surface area contributed by atoms with Gasteiger partial charge in [-0.05, 0) is 48.4 Å². The van der Waals surface area contributed by atoms with Crippen LogP contribution in [0.2, 0.25) is 0 Å². The quantitative estimate of drug-likeness (QED) is 0.524. The molecule has 0 saturated heterocycles. The lowest BCUT2D eigenvalue weighted by Gasteiger charge is -2.17. The van der Waals surface area contributed by atoms with Gasteiger partial charge in [0, 0.05) is 11.6 Å². The van der Waals surface area contributed by atoms with E-state index in [9.17, 15) is 19.8 Å². The number of methoxy groups -OCH3 is 2. The lowest BCUT2D eigenvalue weighted by atomic mass is 9.90. The van der Waals surface area contributed by atoms with Crippen LogP contribution in [0.1, 0.15) is 35.6 Å². The second kappa shape index (κ2) is 8.77. The van der Waals surface area contributed by atoms with E-state index in [0.29, 0.717) is 28.2 Å². The molecule has 30 heavy (non-hydrogen) atoms. The molecule has 158 valence electrons. The monoisotopic (exact) mass is 414 g/mol. The second-order valence-electron chi connectivity index (χ2n) is 6.51. The number of carboxylic acid groups (broad SMARTS) is 1. The van der Waals surface area contributed by atoms with Crippen molar-refractivity contribution in [2.75, 3.05) is 20.8 Å². The average Bonchev–Trinajstić information content (AvgIpc) is 3.12. The Bertz CT molecular complexity index is 995. The maximum absolute atomic E-state index is 12.1. The van der Waals surface area contributed by atoms with Gasteiger partial charge in [0.15, 0.2) is 23.0 Å². The van der Waals surface area contributed by atoms with Gasteiger partial charge in [-0.3, -0.25) is 4.79 Å². The Labute approximate surface area is 173 Å². The van der Waals surface area contributed by atoms with Gasteiger partial charge < -0.3 is 29.2 Å². The highest BCUT2D eigenvalue weighted by atomic mass is 16.5. The van der Waals surface area contributed by atoms with Gasteiger partial charge in [0.25, 0.3) is 0 Å². The van der Waals surface area contributed by atoms with Gasteiger partial charge in [0.1, 0.15) is 12.0 Å². The number of aromatic hydroxyl groups is 1. The topological polar surface area (TPSA) is 112 Å². The van der Waals surface area contributed by atoms with Gasteiger partial charge in [-0.2, -0.15) is 0 Å². The van der Waals surface area contributed by atoms with Gasteiger partial charge >= 0.3 is 11.9 Å². The van der Waals surface area contributed by atoms with Crippen LogP contribution in [0.25, 0.3) is 6.08 Å². The highest BCUT2D eigenvalue weighted by Crippen LogP contribution is 2.51. The Morgan fingerprint density at radius 3 is 2.50 bits per heavy atom. The molecular weight excluding hydrogens is 392 g/mol. The van der Waals surface area contributed by atoms with Crippen molar-refractivity contribution < 1.29 is 38.7 Å². The summed E-state index contributed by atoms with van der Waals surface area (Å²) in [6.45, 7) is 1.96. The molecule has 0 fully saturated rings. The Hall–Kier alpha value is -3.68. The minimum absolute atomic E-state index is 0.0624. The molecule has 2 unspecified atom stereocenters. The molecule has 0 spiro atoms. The molecule has 1 aliphatic rings. The van der Waals surface area contributed by atoms with Crippen LogP contribution in [0.5, 0.6) is 23.0 Å². The molecule has 0 bridgehead atoms. The number of rotatable bonds is 7. The van der Waals surface area contributed by atoms with E-state index in [4.69, 9.17) is 18.9 Å². The van der Waals surface area contributed by atoms with E-state index in [2.05, 4.69) is 0 Å². The summed E-state index contributed by atoms with van der Waals surface area (Å²) in [4.78, 5) is 23.7. The molecule has 0 saturated carbocycles. The average molecular weight is 414 g/mol. The smallest absolute Gasteiger partial charge is 0.330 e. The summed E-state index contributed by atoms with van der Waals surface area (Å²) in [7, 11) is 2.85. The number of phenols is 1. The molecule has 2 aromatic carbocycles. The highest BCUT2D eigenvalue weighted by molar-refractivity contribution is 5.88. The molecule has 2 N–H and O–H groups in total. The maximum atomic E-state index is 12.1. The molecule has 0 aromatic heterocycles. The van der Waals surface area contributed by atoms with E-state index in [1.54, 1.807) is 25.1 Å². The van der Waals surface area contributed by atoms with Crippen LogP contribution in [-0.2, 0) is 14.3 Å². The van der Waals surface area contributed by atoms with Gasteiger partial charge in [-0.25, -0.2) is 4.79 Å². The first-order valence-corrected chi connectivity index (χ1v) is 9.22. The van der Waals surface area contributed by atoms with E-state index < -0.39 is 24.0 Å². The first-order valence-electron chi connectivity index (χ1n) is 9.22. The molecule has 8 nitrogen and oxygen atoms in total. The third kappa shape index (κ3) is 4.03. The molecular formula is C22H22O8. The van der Waals surface area contributed by atoms with Crippen molar-refractivity contribution in [2.24, 2.45) is 0 Å². The number of fused-ring (bicyclic) bond motifs is 1. The Kier molecular flexibility index (Phi) is 6.15. The van der Waals surface area contributed by atoms with Crippen LogP contribution in [0.3, 0.4) is 0 Å². The predicted octanol–water partition coefficient (Wildman–Crippen LogP) is 3.29. The van der Waals surface area contributed by atoms with Gasteiger partial charge in [-0.1, -0.05) is 6.07 Å². The number of phenolic OH excluding ortho intramolecular Hbond substituents is 1. The largest absolute Gasteiger partial charge is 0.504 e. The Morgan fingerprint density at radius 2 is 1.87 bits per heavy atom. The van der Waals surface area contributed by atoms with E-state index in [1.165, 1.54) is 38.5 Å². The van der Waals surface area contributed by atoms with Crippen molar-refractivity contribution in [3.8, 4) is 23.0 Å². The van der Waals surface area contributed by atoms with Crippen molar-refractivity contribution in [1.29, 1.82) is 0 Å². The van der Waals surface area contributed by atoms with Gasteiger partial charge in [0.2, 0.25) is 0 Å². The van der Waals surface area contributed by atoms with E-state index >= 15 is 0 Å². The third-order valence-corrected chi connectivity index (χ3v) is 4.71. The minimum Gasteiger partial charge on any atom is -0.504 e. The molecule has 1 heterocycles. The van der Waals surface area contributed by atoms with E-state index in [1.807, 2.05) is 0 Å². The number of carboxylic acids is 1. The summed E-state index contributed by atoms with van der Waals surface area (Å²) < 4.78 is 21.4. The van der Waals surface area contributed by atoms with Gasteiger partial charge in [-0.15, -0.1) is 0 Å². The summed E-state index contributed by atoms with van der Waals surface area (Å²) in [6.07, 6.45) is 1.93. The van der Waals surface area contributed by atoms with Crippen LogP contribution in [-0.4, -0.2) is 43.0 Å². The van der Waals surface area contributed by atoms with Crippen molar-refractivity contribution in [1.82, 2.24) is 0 Å². The van der Waals surface area contributed by atoms with Gasteiger partial charge in [0.05, 0.1) is 20.8 Å². The second-order valence-corrected chi connectivity index (χ2v) is 6.51. The molecule has 2 aromatic rings. The molecule has 1 aliphatic heterocycles. The first kappa shape index (κ1) is 21.0. The summed E-state index contributed by atoms with van der Waals surface area (Å²) >= 11 is 0. The van der Waals surface area contributed by atoms with Crippen molar-refractivity contribution in [3.63, 3.8) is 0 Å². The number of benzene rings is 2. The fourth-order valence-electron chi connectivity index (χ4n) is 3.36. The third-order valence-electron chi connectivity index (χ3n) is 4.71. The van der Waals surface area contributed by atoms with E-state index in [-0.39, 0.29) is 18.1 Å². The lowest BCUT2D eigenvalue weighted by Crippen LogP contribution is -2.18. The fraction of sp³-hybridized carbons (Fsp3) is 0.273. The molecule has 0 aliphatic carbocycles. The number of hydrogen-bond donors (Lipinski definition) is 2. The fourth-order valence-corrected chi connectivity index (χ4v) is 3.36. The Balaban J connectivity index is 2.04. The number of carbonyl (C=O) groups is 2. The zero-order chi connectivity index (χ0) is 21.8. The zero-order valence-electron chi connectivity index (χ0n) is 16.7. The number of carbonyl (C=O) groups excluding carboxylic acids is 1. The normalized spacial score (nSPS) is 17.3. The molecule has 0 amide bonds. The zero-order valence-corrected chi connectivity index (χ0v) is 16.7. The lowest BCUT2D eigenvalue weighted by molar-refractivity contribution is -0.140. The molecule has 2 atom stereocenters. The molecule has 3 rings (SSSR count). The number of esters is 1. The van der Waals surface area contributed by atoms with Crippen molar-refractivity contribution in [2.45, 2.75) is 18.9 Å². The van der Waals surface area contributed by atoms with E-state index in [0.717, 1.165) is 0 Å². The Morgan fingerprint density at radius 1 is 1.13 bits per heavy atom. The van der Waals surface area contributed by atoms with Crippen LogP contribution in [0.4, 0.5) is 0 Å².